The average Bonchev–Trinajstić information content (AvgIpc) is 3.48. The molecule has 0 atom stereocenters. The van der Waals surface area contributed by atoms with Crippen LogP contribution < -0.4 is 0 Å². The van der Waals surface area contributed by atoms with Gasteiger partial charge in [0.05, 0.1) is 22.4 Å². The molecular weight excluding hydrogens is 534 g/mol. The normalized spacial score (nSPS) is 13.2. The van der Waals surface area contributed by atoms with Crippen LogP contribution in [-0.2, 0) is 0 Å². The Morgan fingerprint density at radius 3 is 1.95 bits per heavy atom. The number of allylic oxidation sites excluding steroid dienone is 1. The second kappa shape index (κ2) is 10.5. The van der Waals surface area contributed by atoms with E-state index in [0.29, 0.717) is 0 Å². The molecule has 1 aliphatic carbocycles. The third kappa shape index (κ3) is 4.29. The highest BCUT2D eigenvalue weighted by molar-refractivity contribution is 6.37. The lowest BCUT2D eigenvalue weighted by Gasteiger charge is -2.23. The Morgan fingerprint density at radius 1 is 0.568 bits per heavy atom. The molecule has 1 heterocycles. The minimum absolute atomic E-state index is 0.926. The van der Waals surface area contributed by atoms with Gasteiger partial charge in [0.2, 0.25) is 0 Å². The average molecular weight is 564 g/mol. The Morgan fingerprint density at radius 2 is 1.18 bits per heavy atom. The standard InChI is InChI=1S/C41H29N3/c1-27-20-21-31(26-38(27)42-40-28(2)33-14-6-7-15-34(33)35-16-8-9-17-36(35)40)29-22-24-32(25-23-29)44-39-19-11-10-18-37(39)43-41(44)30-12-4-3-5-13-30/h3-26H,2H2,1H3/b42-40+. The largest absolute Gasteiger partial charge is 0.292 e. The van der Waals surface area contributed by atoms with Crippen LogP contribution in [0.5, 0.6) is 0 Å². The first kappa shape index (κ1) is 25.9. The Labute approximate surface area is 257 Å². The highest BCUT2D eigenvalue weighted by atomic mass is 15.1. The number of aryl methyl sites for hydroxylation is 1. The molecule has 208 valence electrons. The molecule has 6 aromatic carbocycles. The van der Waals surface area contributed by atoms with Crippen molar-refractivity contribution in [1.29, 1.82) is 0 Å². The summed E-state index contributed by atoms with van der Waals surface area (Å²) < 4.78 is 2.24. The fourth-order valence-electron chi connectivity index (χ4n) is 6.22. The summed E-state index contributed by atoms with van der Waals surface area (Å²) in [6, 6.07) is 50.9. The van der Waals surface area contributed by atoms with E-state index in [-0.39, 0.29) is 0 Å². The minimum atomic E-state index is 0.926. The Kier molecular flexibility index (Phi) is 6.16. The zero-order valence-corrected chi connectivity index (χ0v) is 24.4. The van der Waals surface area contributed by atoms with Crippen LogP contribution in [0.2, 0.25) is 0 Å². The van der Waals surface area contributed by atoms with E-state index in [1.54, 1.807) is 0 Å². The number of benzene rings is 6. The number of hydrogen-bond donors (Lipinski definition) is 0. The lowest BCUT2D eigenvalue weighted by Crippen LogP contribution is -2.11. The summed E-state index contributed by atoms with van der Waals surface area (Å²) in [5.41, 5.74) is 15.1. The topological polar surface area (TPSA) is 30.2 Å². The molecule has 0 N–H and O–H groups in total. The van der Waals surface area contributed by atoms with Gasteiger partial charge in [0.15, 0.2) is 0 Å². The summed E-state index contributed by atoms with van der Waals surface area (Å²) >= 11 is 0. The van der Waals surface area contributed by atoms with Crippen LogP contribution >= 0.6 is 0 Å². The van der Waals surface area contributed by atoms with Crippen LogP contribution in [0.3, 0.4) is 0 Å². The van der Waals surface area contributed by atoms with Gasteiger partial charge in [-0.25, -0.2) is 9.98 Å². The van der Waals surface area contributed by atoms with Gasteiger partial charge < -0.3 is 0 Å². The predicted octanol–water partition coefficient (Wildman–Crippen LogP) is 10.5. The summed E-state index contributed by atoms with van der Waals surface area (Å²) in [5.74, 6) is 0.933. The van der Waals surface area contributed by atoms with Gasteiger partial charge >= 0.3 is 0 Å². The molecule has 7 aromatic rings. The molecule has 44 heavy (non-hydrogen) atoms. The van der Waals surface area contributed by atoms with Crippen molar-refractivity contribution in [3.63, 3.8) is 0 Å². The van der Waals surface area contributed by atoms with Crippen molar-refractivity contribution >= 4 is 28.0 Å². The van der Waals surface area contributed by atoms with E-state index in [4.69, 9.17) is 9.98 Å². The van der Waals surface area contributed by atoms with Crippen LogP contribution in [-0.4, -0.2) is 15.3 Å². The van der Waals surface area contributed by atoms with Crippen LogP contribution in [0.15, 0.2) is 157 Å². The van der Waals surface area contributed by atoms with Gasteiger partial charge in [-0.3, -0.25) is 4.57 Å². The van der Waals surface area contributed by atoms with E-state index in [2.05, 4.69) is 152 Å². The van der Waals surface area contributed by atoms with Crippen molar-refractivity contribution in [3.8, 4) is 39.3 Å². The third-order valence-electron chi connectivity index (χ3n) is 8.50. The molecule has 0 aliphatic heterocycles. The van der Waals surface area contributed by atoms with Gasteiger partial charge in [-0.2, -0.15) is 0 Å². The maximum Gasteiger partial charge on any atom is 0.145 e. The molecule has 1 aliphatic rings. The molecule has 8 rings (SSSR count). The molecule has 0 fully saturated rings. The monoisotopic (exact) mass is 563 g/mol. The smallest absolute Gasteiger partial charge is 0.145 e. The van der Waals surface area contributed by atoms with Gasteiger partial charge in [-0.1, -0.05) is 122 Å². The first-order valence-electron chi connectivity index (χ1n) is 14.9. The van der Waals surface area contributed by atoms with Crippen molar-refractivity contribution in [2.24, 2.45) is 4.99 Å². The molecule has 0 saturated carbocycles. The van der Waals surface area contributed by atoms with Gasteiger partial charge in [0, 0.05) is 22.4 Å². The summed E-state index contributed by atoms with van der Waals surface area (Å²) in [4.78, 5) is 10.3. The quantitative estimate of drug-likeness (QED) is 0.209. The molecule has 0 unspecified atom stereocenters. The summed E-state index contributed by atoms with van der Waals surface area (Å²) in [5, 5.41) is 0. The van der Waals surface area contributed by atoms with Gasteiger partial charge in [-0.15, -0.1) is 0 Å². The predicted molar refractivity (Wildman–Crippen MR) is 184 cm³/mol. The first-order valence-corrected chi connectivity index (χ1v) is 14.9. The maximum atomic E-state index is 5.27. The molecule has 0 radical (unpaired) electrons. The van der Waals surface area contributed by atoms with E-state index >= 15 is 0 Å². The number of para-hydroxylation sites is 2. The van der Waals surface area contributed by atoms with Crippen LogP contribution in [0.1, 0.15) is 16.7 Å². The number of aliphatic imine (C=N–C) groups is 1. The van der Waals surface area contributed by atoms with Crippen molar-refractivity contribution in [2.45, 2.75) is 6.92 Å². The Bertz CT molecular complexity index is 2230. The number of hydrogen-bond acceptors (Lipinski definition) is 2. The zero-order chi connectivity index (χ0) is 29.6. The van der Waals surface area contributed by atoms with Crippen molar-refractivity contribution in [3.05, 3.63) is 169 Å². The van der Waals surface area contributed by atoms with E-state index in [1.165, 1.54) is 11.1 Å². The fraction of sp³-hybridized carbons (Fsp3) is 0.0244. The van der Waals surface area contributed by atoms with E-state index in [9.17, 15) is 0 Å². The molecular formula is C41H29N3. The number of rotatable bonds is 4. The lowest BCUT2D eigenvalue weighted by atomic mass is 9.81. The van der Waals surface area contributed by atoms with E-state index < -0.39 is 0 Å². The number of fused-ring (bicyclic) bond motifs is 4. The molecule has 0 spiro atoms. The SMILES string of the molecule is C=C1/C(=N\c2cc(-c3ccc(-n4c(-c5ccccc5)nc5ccccc54)cc3)ccc2C)c2ccccc2-c2ccccc21. The van der Waals surface area contributed by atoms with Gasteiger partial charge in [-0.05, 0) is 70.6 Å². The number of nitrogens with zero attached hydrogens (tertiary/aromatic N) is 3. The first-order chi connectivity index (χ1) is 21.7. The molecule has 3 nitrogen and oxygen atoms in total. The van der Waals surface area contributed by atoms with Crippen LogP contribution in [0.25, 0.3) is 55.9 Å². The van der Waals surface area contributed by atoms with Crippen LogP contribution in [0, 0.1) is 6.92 Å². The second-order valence-corrected chi connectivity index (χ2v) is 11.2. The summed E-state index contributed by atoms with van der Waals surface area (Å²) in [7, 11) is 0. The second-order valence-electron chi connectivity index (χ2n) is 11.2. The number of imidazole rings is 1. The Balaban J connectivity index is 1.19. The lowest BCUT2D eigenvalue weighted by molar-refractivity contribution is 1.10. The van der Waals surface area contributed by atoms with Crippen molar-refractivity contribution in [2.75, 3.05) is 0 Å². The van der Waals surface area contributed by atoms with Crippen LogP contribution in [0.4, 0.5) is 5.69 Å². The van der Waals surface area contributed by atoms with Crippen molar-refractivity contribution < 1.29 is 0 Å². The minimum Gasteiger partial charge on any atom is -0.292 e. The molecule has 0 saturated heterocycles. The molecule has 3 heteroatoms. The zero-order valence-electron chi connectivity index (χ0n) is 24.4. The van der Waals surface area contributed by atoms with Crippen molar-refractivity contribution in [1.82, 2.24) is 9.55 Å². The highest BCUT2D eigenvalue weighted by Gasteiger charge is 2.24. The fourth-order valence-corrected chi connectivity index (χ4v) is 6.22. The summed E-state index contributed by atoms with van der Waals surface area (Å²) in [6.45, 7) is 6.61. The van der Waals surface area contributed by atoms with E-state index in [0.717, 1.165) is 72.9 Å². The highest BCUT2D eigenvalue weighted by Crippen LogP contribution is 2.40. The number of aromatic nitrogens is 2. The van der Waals surface area contributed by atoms with E-state index in [1.807, 2.05) is 12.1 Å². The molecule has 1 aromatic heterocycles. The summed E-state index contributed by atoms with van der Waals surface area (Å²) in [6.07, 6.45) is 0. The Hall–Kier alpha value is -5.80. The van der Waals surface area contributed by atoms with Gasteiger partial charge in [0.25, 0.3) is 0 Å². The third-order valence-corrected chi connectivity index (χ3v) is 8.50. The maximum absolute atomic E-state index is 5.27. The molecule has 0 bridgehead atoms. The molecule has 0 amide bonds. The van der Waals surface area contributed by atoms with Gasteiger partial charge in [0.1, 0.15) is 5.82 Å².